The van der Waals surface area contributed by atoms with Gasteiger partial charge in [0.25, 0.3) is 11.8 Å². The highest BCUT2D eigenvalue weighted by Crippen LogP contribution is 2.42. The van der Waals surface area contributed by atoms with Gasteiger partial charge in [0.2, 0.25) is 0 Å². The molecule has 1 aliphatic rings. The Balaban J connectivity index is 1.81. The molecular weight excluding hydrogens is 360 g/mol. The van der Waals surface area contributed by atoms with Crippen LogP contribution in [0.5, 0.6) is 0 Å². The molecule has 3 atom stereocenters. The van der Waals surface area contributed by atoms with E-state index in [0.29, 0.717) is 10.6 Å². The van der Waals surface area contributed by atoms with Crippen molar-refractivity contribution in [2.75, 3.05) is 0 Å². The van der Waals surface area contributed by atoms with E-state index < -0.39 is 17.4 Å². The first kappa shape index (κ1) is 17.8. The topological polar surface area (TPSA) is 69.6 Å². The van der Waals surface area contributed by atoms with Crippen molar-refractivity contribution < 1.29 is 14.7 Å². The average Bonchev–Trinajstić information content (AvgIpc) is 2.90. The Bertz CT molecular complexity index is 787. The quantitative estimate of drug-likeness (QED) is 0.860. The lowest BCUT2D eigenvalue weighted by Crippen LogP contribution is -2.47. The zero-order valence-electron chi connectivity index (χ0n) is 13.4. The van der Waals surface area contributed by atoms with Gasteiger partial charge in [0, 0.05) is 5.02 Å². The molecule has 1 aliphatic heterocycles. The van der Waals surface area contributed by atoms with Crippen molar-refractivity contribution in [2.24, 2.45) is 0 Å². The Morgan fingerprint density at radius 3 is 2.64 bits per heavy atom. The van der Waals surface area contributed by atoms with Gasteiger partial charge in [-0.15, -0.1) is 11.8 Å². The van der Waals surface area contributed by atoms with Gasteiger partial charge >= 0.3 is 0 Å². The van der Waals surface area contributed by atoms with Gasteiger partial charge in [0.1, 0.15) is 5.37 Å². The minimum atomic E-state index is -1.35. The van der Waals surface area contributed by atoms with Crippen molar-refractivity contribution in [3.63, 3.8) is 0 Å². The van der Waals surface area contributed by atoms with Crippen LogP contribution in [-0.4, -0.2) is 27.2 Å². The highest BCUT2D eigenvalue weighted by Gasteiger charge is 2.40. The molecular formula is C18H17ClN2O3S. The fraction of sp³-hybridized carbons (Fsp3) is 0.222. The summed E-state index contributed by atoms with van der Waals surface area (Å²) in [5.74, 6) is -0.870. The number of hydrogen-bond donors (Lipinski definition) is 2. The molecule has 2 aromatic carbocycles. The van der Waals surface area contributed by atoms with Gasteiger partial charge in [0.05, 0.1) is 5.25 Å². The monoisotopic (exact) mass is 376 g/mol. The molecule has 7 heteroatoms. The number of hydrazine groups is 1. The Kier molecular flexibility index (Phi) is 5.32. The van der Waals surface area contributed by atoms with Crippen molar-refractivity contribution in [3.05, 3.63) is 70.7 Å². The number of aliphatic hydroxyl groups excluding tert-OH is 1. The molecule has 0 radical (unpaired) electrons. The van der Waals surface area contributed by atoms with E-state index in [0.717, 1.165) is 5.56 Å². The molecule has 3 rings (SSSR count). The molecule has 1 fully saturated rings. The van der Waals surface area contributed by atoms with Crippen LogP contribution >= 0.6 is 23.4 Å². The Morgan fingerprint density at radius 2 is 1.96 bits per heavy atom. The third-order valence-corrected chi connectivity index (χ3v) is 5.47. The van der Waals surface area contributed by atoms with Crippen LogP contribution in [0, 0.1) is 0 Å². The van der Waals surface area contributed by atoms with Crippen LogP contribution in [0.25, 0.3) is 0 Å². The van der Waals surface area contributed by atoms with Crippen LogP contribution in [0.2, 0.25) is 5.02 Å². The molecule has 2 N–H and O–H groups in total. The van der Waals surface area contributed by atoms with E-state index in [1.54, 1.807) is 55.5 Å². The van der Waals surface area contributed by atoms with Gasteiger partial charge in [-0.05, 0) is 30.2 Å². The van der Waals surface area contributed by atoms with Crippen LogP contribution in [-0.2, 0) is 9.59 Å². The third kappa shape index (κ3) is 3.81. The van der Waals surface area contributed by atoms with Crippen molar-refractivity contribution >= 4 is 35.2 Å². The number of rotatable bonds is 4. The van der Waals surface area contributed by atoms with E-state index >= 15 is 0 Å². The summed E-state index contributed by atoms with van der Waals surface area (Å²) in [6.07, 6.45) is -1.35. The molecule has 2 aromatic rings. The minimum Gasteiger partial charge on any atom is -0.378 e. The number of hydrogen-bond acceptors (Lipinski definition) is 4. The summed E-state index contributed by atoms with van der Waals surface area (Å²) in [7, 11) is 0. The molecule has 0 bridgehead atoms. The summed E-state index contributed by atoms with van der Waals surface area (Å²) in [4.78, 5) is 24.8. The molecule has 0 spiro atoms. The standard InChI is InChI=1S/C18H17ClN2O3S/c1-11-17(24)21(18(25-11)13-8-5-9-14(19)10-13)20-16(23)15(22)12-6-3-2-4-7-12/h2-11,15,18,22H,1H3,(H,20,23). The van der Waals surface area contributed by atoms with Gasteiger partial charge in [-0.3, -0.25) is 15.0 Å². The third-order valence-electron chi connectivity index (χ3n) is 3.88. The van der Waals surface area contributed by atoms with Gasteiger partial charge < -0.3 is 5.11 Å². The van der Waals surface area contributed by atoms with Gasteiger partial charge in [-0.2, -0.15) is 0 Å². The molecule has 2 amide bonds. The number of aliphatic hydroxyl groups is 1. The fourth-order valence-electron chi connectivity index (χ4n) is 2.59. The fourth-order valence-corrected chi connectivity index (χ4v) is 3.99. The van der Waals surface area contributed by atoms with E-state index in [2.05, 4.69) is 5.43 Å². The second-order valence-electron chi connectivity index (χ2n) is 5.68. The number of thioether (sulfide) groups is 1. The molecule has 1 heterocycles. The van der Waals surface area contributed by atoms with Gasteiger partial charge in [-0.1, -0.05) is 54.1 Å². The SMILES string of the molecule is CC1SC(c2cccc(Cl)c2)N(NC(=O)C(O)c2ccccc2)C1=O. The van der Waals surface area contributed by atoms with Crippen molar-refractivity contribution in [2.45, 2.75) is 23.7 Å². The summed E-state index contributed by atoms with van der Waals surface area (Å²) >= 11 is 7.45. The first-order chi connectivity index (χ1) is 12.0. The van der Waals surface area contributed by atoms with E-state index in [1.165, 1.54) is 16.8 Å². The summed E-state index contributed by atoms with van der Waals surface area (Å²) in [6.45, 7) is 1.78. The number of halogens is 1. The number of nitrogens with zero attached hydrogens (tertiary/aromatic N) is 1. The van der Waals surface area contributed by atoms with Crippen LogP contribution in [0.1, 0.15) is 29.5 Å². The summed E-state index contributed by atoms with van der Waals surface area (Å²) < 4.78 is 0. The molecule has 5 nitrogen and oxygen atoms in total. The average molecular weight is 377 g/mol. The lowest BCUT2D eigenvalue weighted by molar-refractivity contribution is -0.144. The predicted octanol–water partition coefficient (Wildman–Crippen LogP) is 3.07. The van der Waals surface area contributed by atoms with Crippen molar-refractivity contribution in [3.8, 4) is 0 Å². The molecule has 0 aliphatic carbocycles. The number of nitrogens with one attached hydrogen (secondary N) is 1. The Labute approximate surface area is 154 Å². The molecule has 0 saturated carbocycles. The number of carbonyl (C=O) groups is 2. The highest BCUT2D eigenvalue weighted by molar-refractivity contribution is 8.01. The van der Waals surface area contributed by atoms with Crippen LogP contribution in [0.3, 0.4) is 0 Å². The predicted molar refractivity (Wildman–Crippen MR) is 97.6 cm³/mol. The van der Waals surface area contributed by atoms with Crippen molar-refractivity contribution in [1.29, 1.82) is 0 Å². The summed E-state index contributed by atoms with van der Waals surface area (Å²) in [5.41, 5.74) is 3.83. The molecule has 25 heavy (non-hydrogen) atoms. The minimum absolute atomic E-state index is 0.219. The van der Waals surface area contributed by atoms with Gasteiger partial charge in [-0.25, -0.2) is 5.01 Å². The lowest BCUT2D eigenvalue weighted by Gasteiger charge is -2.26. The van der Waals surface area contributed by atoms with Crippen LogP contribution in [0.4, 0.5) is 0 Å². The van der Waals surface area contributed by atoms with E-state index in [1.807, 2.05) is 6.07 Å². The van der Waals surface area contributed by atoms with Gasteiger partial charge in [0.15, 0.2) is 6.10 Å². The molecule has 0 aromatic heterocycles. The van der Waals surface area contributed by atoms with Crippen LogP contribution in [0.15, 0.2) is 54.6 Å². The second kappa shape index (κ2) is 7.47. The zero-order chi connectivity index (χ0) is 18.0. The maximum absolute atomic E-state index is 12.4. The number of benzene rings is 2. The second-order valence-corrected chi connectivity index (χ2v) is 7.55. The maximum Gasteiger partial charge on any atom is 0.272 e. The van der Waals surface area contributed by atoms with E-state index in [9.17, 15) is 14.7 Å². The lowest BCUT2D eigenvalue weighted by atomic mass is 10.1. The van der Waals surface area contributed by atoms with Crippen molar-refractivity contribution in [1.82, 2.24) is 10.4 Å². The zero-order valence-corrected chi connectivity index (χ0v) is 15.0. The summed E-state index contributed by atoms with van der Waals surface area (Å²) in [6, 6.07) is 15.7. The van der Waals surface area contributed by atoms with E-state index in [4.69, 9.17) is 11.6 Å². The summed E-state index contributed by atoms with van der Waals surface area (Å²) in [5, 5.41) is 11.4. The normalized spacial score (nSPS) is 21.2. The maximum atomic E-state index is 12.4. The first-order valence-corrected chi connectivity index (χ1v) is 9.07. The van der Waals surface area contributed by atoms with E-state index in [-0.39, 0.29) is 11.2 Å². The number of amides is 2. The molecule has 1 saturated heterocycles. The Hall–Kier alpha value is -2.02. The molecule has 130 valence electrons. The largest absolute Gasteiger partial charge is 0.378 e. The first-order valence-electron chi connectivity index (χ1n) is 7.75. The van der Waals surface area contributed by atoms with Crippen LogP contribution < -0.4 is 5.43 Å². The molecule has 3 unspecified atom stereocenters. The smallest absolute Gasteiger partial charge is 0.272 e. The Morgan fingerprint density at radius 1 is 1.24 bits per heavy atom. The number of carbonyl (C=O) groups excluding carboxylic acids is 2. The highest BCUT2D eigenvalue weighted by atomic mass is 35.5.